The third kappa shape index (κ3) is 6.55. The molecule has 0 unspecified atom stereocenters. The van der Waals surface area contributed by atoms with Gasteiger partial charge in [-0.1, -0.05) is 103 Å². The van der Waals surface area contributed by atoms with E-state index < -0.39 is 0 Å². The van der Waals surface area contributed by atoms with Gasteiger partial charge in [0.25, 0.3) is 0 Å². The normalized spacial score (nSPS) is 11.0. The monoisotopic (exact) mass is 647 g/mol. The second-order valence-corrected chi connectivity index (χ2v) is 13.2. The predicted octanol–water partition coefficient (Wildman–Crippen LogP) is 12.5. The van der Waals surface area contributed by atoms with E-state index in [1.807, 2.05) is 30.6 Å². The number of pyridine rings is 3. The maximum Gasteiger partial charge on any atom is 0.0782 e. The number of aromatic nitrogens is 3. The minimum absolute atomic E-state index is 1.04. The molecule has 244 valence electrons. The lowest BCUT2D eigenvalue weighted by Crippen LogP contribution is -1.87. The van der Waals surface area contributed by atoms with Crippen molar-refractivity contribution in [2.75, 3.05) is 0 Å². The van der Waals surface area contributed by atoms with Crippen molar-refractivity contribution in [3.05, 3.63) is 173 Å². The fraction of sp³-hybridized carbons (Fsp3) is 0.128. The van der Waals surface area contributed by atoms with Gasteiger partial charge in [-0.3, -0.25) is 9.97 Å². The maximum atomic E-state index is 4.72. The second-order valence-electron chi connectivity index (χ2n) is 13.2. The molecule has 0 spiro atoms. The van der Waals surface area contributed by atoms with Crippen LogP contribution in [0.4, 0.5) is 0 Å². The van der Waals surface area contributed by atoms with Gasteiger partial charge in [0.15, 0.2) is 0 Å². The molecule has 3 heteroatoms. The van der Waals surface area contributed by atoms with Crippen molar-refractivity contribution in [2.45, 2.75) is 41.5 Å². The van der Waals surface area contributed by atoms with Crippen molar-refractivity contribution >= 4 is 54.3 Å². The Bertz CT molecular complexity index is 2670. The van der Waals surface area contributed by atoms with Gasteiger partial charge in [-0.15, -0.1) is 0 Å². The van der Waals surface area contributed by atoms with E-state index in [1.54, 1.807) is 0 Å². The summed E-state index contributed by atoms with van der Waals surface area (Å²) in [6, 6.07) is 44.6. The molecule has 0 saturated carbocycles. The summed E-state index contributed by atoms with van der Waals surface area (Å²) in [7, 11) is 0. The van der Waals surface area contributed by atoms with Crippen molar-refractivity contribution in [3.63, 3.8) is 0 Å². The fourth-order valence-corrected chi connectivity index (χ4v) is 6.54. The largest absolute Gasteiger partial charge is 0.256 e. The molecule has 0 aliphatic carbocycles. The van der Waals surface area contributed by atoms with Crippen molar-refractivity contribution in [2.24, 2.45) is 0 Å². The van der Waals surface area contributed by atoms with Crippen LogP contribution in [-0.2, 0) is 0 Å². The van der Waals surface area contributed by atoms with E-state index in [4.69, 9.17) is 4.98 Å². The number of para-hydroxylation sites is 1. The highest BCUT2D eigenvalue weighted by atomic mass is 14.7. The first-order valence-electron chi connectivity index (χ1n) is 17.2. The Kier molecular flexibility index (Phi) is 9.06. The van der Waals surface area contributed by atoms with Crippen LogP contribution in [0.1, 0.15) is 33.4 Å². The van der Waals surface area contributed by atoms with Gasteiger partial charge in [-0.25, -0.2) is 4.98 Å². The van der Waals surface area contributed by atoms with E-state index in [9.17, 15) is 0 Å². The van der Waals surface area contributed by atoms with Crippen LogP contribution >= 0.6 is 0 Å². The molecule has 0 radical (unpaired) electrons. The number of rotatable bonds is 1. The quantitative estimate of drug-likeness (QED) is 0.166. The molecule has 0 saturated heterocycles. The van der Waals surface area contributed by atoms with E-state index in [0.29, 0.717) is 0 Å². The van der Waals surface area contributed by atoms with Crippen molar-refractivity contribution < 1.29 is 0 Å². The van der Waals surface area contributed by atoms with Crippen LogP contribution in [0.3, 0.4) is 0 Å². The average Bonchev–Trinajstić information content (AvgIpc) is 3.14. The summed E-state index contributed by atoms with van der Waals surface area (Å²) in [4.78, 5) is 13.7. The Morgan fingerprint density at radius 1 is 0.400 bits per heavy atom. The van der Waals surface area contributed by atoms with Gasteiger partial charge < -0.3 is 0 Å². The molecule has 3 aromatic heterocycles. The van der Waals surface area contributed by atoms with E-state index in [1.165, 1.54) is 76.6 Å². The molecule has 9 rings (SSSR count). The number of nitrogens with zero attached hydrogens (tertiary/aromatic N) is 3. The Morgan fingerprint density at radius 3 is 1.96 bits per heavy atom. The summed E-state index contributed by atoms with van der Waals surface area (Å²) < 4.78 is 0. The number of benzene rings is 6. The smallest absolute Gasteiger partial charge is 0.0782 e. The molecule has 6 aromatic carbocycles. The predicted molar refractivity (Wildman–Crippen MR) is 214 cm³/mol. The molecular weight excluding hydrogens is 607 g/mol. The number of fused-ring (bicyclic) bond motifs is 7. The first kappa shape index (κ1) is 32.6. The number of hydrogen-bond acceptors (Lipinski definition) is 3. The summed E-state index contributed by atoms with van der Waals surface area (Å²) in [6.45, 7) is 12.8. The zero-order valence-electron chi connectivity index (χ0n) is 29.6. The van der Waals surface area contributed by atoms with E-state index in [0.717, 1.165) is 22.2 Å². The topological polar surface area (TPSA) is 38.7 Å². The van der Waals surface area contributed by atoms with E-state index >= 15 is 0 Å². The summed E-state index contributed by atoms with van der Waals surface area (Å²) in [5, 5.41) is 8.71. The molecule has 3 heterocycles. The van der Waals surface area contributed by atoms with Crippen LogP contribution in [0.25, 0.3) is 65.5 Å². The SMILES string of the molecule is Cc1ccc(-c2ccc3ccccc3n2)cc1C.Cc1ccc2c(ccc3c(C)ccnc32)c1.Cc1ccc2c(ccc3cccnc32)c1C. The van der Waals surface area contributed by atoms with Crippen molar-refractivity contribution in [1.82, 2.24) is 15.0 Å². The van der Waals surface area contributed by atoms with Crippen LogP contribution in [0.5, 0.6) is 0 Å². The Morgan fingerprint density at radius 2 is 1.10 bits per heavy atom. The van der Waals surface area contributed by atoms with Gasteiger partial charge in [0.2, 0.25) is 0 Å². The molecule has 3 nitrogen and oxygen atoms in total. The van der Waals surface area contributed by atoms with Gasteiger partial charge in [-0.2, -0.15) is 0 Å². The molecule has 0 fully saturated rings. The molecule has 0 amide bonds. The van der Waals surface area contributed by atoms with Gasteiger partial charge in [0.05, 0.1) is 22.2 Å². The lowest BCUT2D eigenvalue weighted by Gasteiger charge is -2.07. The highest BCUT2D eigenvalue weighted by Gasteiger charge is 2.06. The molecule has 0 aliphatic heterocycles. The summed E-state index contributed by atoms with van der Waals surface area (Å²) in [6.07, 6.45) is 3.74. The van der Waals surface area contributed by atoms with Gasteiger partial charge in [-0.05, 0) is 110 Å². The second kappa shape index (κ2) is 13.9. The first-order valence-corrected chi connectivity index (χ1v) is 17.2. The molecule has 0 aliphatic rings. The molecule has 0 N–H and O–H groups in total. The Labute approximate surface area is 294 Å². The van der Waals surface area contributed by atoms with E-state index in [-0.39, 0.29) is 0 Å². The van der Waals surface area contributed by atoms with Crippen LogP contribution in [0, 0.1) is 41.5 Å². The maximum absolute atomic E-state index is 4.72. The Balaban J connectivity index is 0.000000118. The molecule has 0 bridgehead atoms. The van der Waals surface area contributed by atoms with Gasteiger partial charge >= 0.3 is 0 Å². The summed E-state index contributed by atoms with van der Waals surface area (Å²) >= 11 is 0. The molecule has 50 heavy (non-hydrogen) atoms. The lowest BCUT2D eigenvalue weighted by molar-refractivity contribution is 1.32. The highest BCUT2D eigenvalue weighted by molar-refractivity contribution is 6.07. The van der Waals surface area contributed by atoms with Crippen LogP contribution < -0.4 is 0 Å². The minimum Gasteiger partial charge on any atom is -0.256 e. The van der Waals surface area contributed by atoms with E-state index in [2.05, 4.69) is 161 Å². The zero-order chi connectivity index (χ0) is 34.8. The minimum atomic E-state index is 1.04. The first-order chi connectivity index (χ1) is 24.3. The standard InChI is InChI=1S/C17H15N.2C15H13N/c1-12-7-8-15(11-13(12)2)17-10-9-14-5-3-4-6-16(14)18-17;1-10-3-5-14-12(9-10)4-6-13-11(2)7-8-16-15(13)14;1-10-5-7-14-13(11(10)2)8-6-12-4-3-9-16-15(12)14/h3-11H,1-2H3;2*3-9H,1-2H3. The third-order valence-corrected chi connectivity index (χ3v) is 9.81. The summed E-state index contributed by atoms with van der Waals surface area (Å²) in [5.74, 6) is 0. The lowest BCUT2D eigenvalue weighted by atomic mass is 9.99. The Hall–Kier alpha value is -5.93. The fourth-order valence-electron chi connectivity index (χ4n) is 6.54. The molecule has 9 aromatic rings. The van der Waals surface area contributed by atoms with Crippen LogP contribution in [-0.4, -0.2) is 15.0 Å². The zero-order valence-corrected chi connectivity index (χ0v) is 29.6. The van der Waals surface area contributed by atoms with Gasteiger partial charge in [0.1, 0.15) is 0 Å². The molecule has 0 atom stereocenters. The van der Waals surface area contributed by atoms with Crippen LogP contribution in [0.2, 0.25) is 0 Å². The molecular formula is C47H41N3. The van der Waals surface area contributed by atoms with Crippen molar-refractivity contribution in [3.8, 4) is 11.3 Å². The van der Waals surface area contributed by atoms with Gasteiger partial charge in [0, 0.05) is 44.9 Å². The van der Waals surface area contributed by atoms with Crippen molar-refractivity contribution in [1.29, 1.82) is 0 Å². The third-order valence-electron chi connectivity index (χ3n) is 9.81. The van der Waals surface area contributed by atoms with Crippen LogP contribution in [0.15, 0.2) is 140 Å². The summed E-state index contributed by atoms with van der Waals surface area (Å²) in [5.41, 5.74) is 13.4. The number of aryl methyl sites for hydroxylation is 6. The highest BCUT2D eigenvalue weighted by Crippen LogP contribution is 2.28. The average molecular weight is 648 g/mol. The number of hydrogen-bond donors (Lipinski definition) is 0.